The number of halogens is 3. The Balaban J connectivity index is 1.62. The van der Waals surface area contributed by atoms with Gasteiger partial charge >= 0.3 is 0 Å². The highest BCUT2D eigenvalue weighted by molar-refractivity contribution is 6.03. The minimum Gasteiger partial charge on any atom is -0.391 e. The van der Waals surface area contributed by atoms with Gasteiger partial charge in [-0.3, -0.25) is 9.78 Å². The molecule has 2 aromatic heterocycles. The molecule has 202 valence electrons. The van der Waals surface area contributed by atoms with Crippen LogP contribution in [-0.2, 0) is 6.42 Å². The first-order chi connectivity index (χ1) is 17.8. The molecule has 1 fully saturated rings. The zero-order chi connectivity index (χ0) is 27.8. The van der Waals surface area contributed by atoms with Gasteiger partial charge in [0.2, 0.25) is 0 Å². The molecule has 1 aliphatic rings. The van der Waals surface area contributed by atoms with E-state index in [0.717, 1.165) is 29.8 Å². The lowest BCUT2D eigenvalue weighted by Gasteiger charge is -2.36. The number of nitrogens with zero attached hydrogens (tertiary/aromatic N) is 2. The molecule has 0 unspecified atom stereocenters. The molecule has 0 saturated heterocycles. The van der Waals surface area contributed by atoms with Gasteiger partial charge in [0.15, 0.2) is 0 Å². The van der Waals surface area contributed by atoms with Crippen LogP contribution in [0.3, 0.4) is 0 Å². The quantitative estimate of drug-likeness (QED) is 0.378. The average molecular weight is 529 g/mol. The van der Waals surface area contributed by atoms with E-state index in [1.54, 1.807) is 12.3 Å². The number of amides is 1. The third-order valence-corrected chi connectivity index (χ3v) is 6.83. The number of pyridine rings is 2. The standard InChI is InChI=1S/C28H31F3N4O3/c1-14-8-16(11-21(32)26(14)36)17-6-7-33-13-23(17)35-27(37)22-5-4-18(29)25(34-22)24-19(30)9-15(10-20(24)31)12-28(2,3)38/h4-7,9-10,13-14,16,21,26,36,38H,8,11-12,32H2,1-3H3,(H,35,37)/t14-,16+,21+,26+/m0/s1. The molecule has 10 heteroatoms. The third-order valence-electron chi connectivity index (χ3n) is 6.83. The minimum absolute atomic E-state index is 0.0173. The number of benzene rings is 1. The van der Waals surface area contributed by atoms with Gasteiger partial charge in [-0.25, -0.2) is 18.2 Å². The summed E-state index contributed by atoms with van der Waals surface area (Å²) in [4.78, 5) is 21.1. The Labute approximate surface area is 218 Å². The molecular weight excluding hydrogens is 497 g/mol. The van der Waals surface area contributed by atoms with Crippen LogP contribution in [0.25, 0.3) is 11.3 Å². The van der Waals surface area contributed by atoms with Crippen molar-refractivity contribution < 1.29 is 28.2 Å². The summed E-state index contributed by atoms with van der Waals surface area (Å²) in [6.07, 6.45) is 3.60. The lowest BCUT2D eigenvalue weighted by atomic mass is 9.74. The van der Waals surface area contributed by atoms with Gasteiger partial charge in [-0.2, -0.15) is 0 Å². The van der Waals surface area contributed by atoms with E-state index in [1.165, 1.54) is 20.0 Å². The average Bonchev–Trinajstić information content (AvgIpc) is 2.82. The van der Waals surface area contributed by atoms with Crippen molar-refractivity contribution in [2.45, 2.75) is 63.7 Å². The van der Waals surface area contributed by atoms with Crippen LogP contribution in [0.15, 0.2) is 42.7 Å². The Kier molecular flexibility index (Phi) is 7.87. The number of aromatic nitrogens is 2. The van der Waals surface area contributed by atoms with Gasteiger partial charge < -0.3 is 21.3 Å². The monoisotopic (exact) mass is 528 g/mol. The van der Waals surface area contributed by atoms with Gasteiger partial charge in [-0.1, -0.05) is 6.92 Å². The number of aliphatic hydroxyl groups excluding tert-OH is 1. The van der Waals surface area contributed by atoms with Crippen LogP contribution in [0.2, 0.25) is 0 Å². The summed E-state index contributed by atoms with van der Waals surface area (Å²) < 4.78 is 44.5. The van der Waals surface area contributed by atoms with Crippen LogP contribution < -0.4 is 11.1 Å². The van der Waals surface area contributed by atoms with Gasteiger partial charge in [0.25, 0.3) is 5.91 Å². The smallest absolute Gasteiger partial charge is 0.274 e. The first-order valence-electron chi connectivity index (χ1n) is 12.4. The molecule has 4 rings (SSSR count). The molecule has 5 N–H and O–H groups in total. The fourth-order valence-corrected chi connectivity index (χ4v) is 5.08. The van der Waals surface area contributed by atoms with Crippen LogP contribution in [0.5, 0.6) is 0 Å². The van der Waals surface area contributed by atoms with Crippen LogP contribution >= 0.6 is 0 Å². The fraction of sp³-hybridized carbons (Fsp3) is 0.393. The maximum absolute atomic E-state index is 14.9. The van der Waals surface area contributed by atoms with Crippen molar-refractivity contribution in [3.05, 3.63) is 77.0 Å². The van der Waals surface area contributed by atoms with Crippen molar-refractivity contribution in [3.8, 4) is 11.3 Å². The van der Waals surface area contributed by atoms with Gasteiger partial charge in [-0.15, -0.1) is 0 Å². The molecule has 1 aliphatic carbocycles. The van der Waals surface area contributed by atoms with Crippen LogP contribution in [0.4, 0.5) is 18.9 Å². The van der Waals surface area contributed by atoms with Crippen molar-refractivity contribution in [3.63, 3.8) is 0 Å². The molecule has 1 aromatic carbocycles. The number of carbonyl (C=O) groups is 1. The van der Waals surface area contributed by atoms with Crippen molar-refractivity contribution >= 4 is 11.6 Å². The molecule has 0 bridgehead atoms. The molecule has 0 radical (unpaired) electrons. The molecule has 3 aromatic rings. The molecule has 1 amide bonds. The molecule has 0 aliphatic heterocycles. The van der Waals surface area contributed by atoms with E-state index < -0.39 is 52.4 Å². The van der Waals surface area contributed by atoms with Gasteiger partial charge in [0.1, 0.15) is 28.8 Å². The molecule has 38 heavy (non-hydrogen) atoms. The second-order valence-electron chi connectivity index (χ2n) is 10.7. The number of anilines is 1. The van der Waals surface area contributed by atoms with E-state index >= 15 is 0 Å². The Hall–Kier alpha value is -3.34. The maximum Gasteiger partial charge on any atom is 0.274 e. The summed E-state index contributed by atoms with van der Waals surface area (Å²) in [5.41, 5.74) is 4.69. The van der Waals surface area contributed by atoms with Crippen molar-refractivity contribution in [2.24, 2.45) is 11.7 Å². The second-order valence-corrected chi connectivity index (χ2v) is 10.7. The highest BCUT2D eigenvalue weighted by Crippen LogP contribution is 2.38. The zero-order valence-corrected chi connectivity index (χ0v) is 21.4. The first-order valence-corrected chi connectivity index (χ1v) is 12.4. The van der Waals surface area contributed by atoms with E-state index in [-0.39, 0.29) is 29.5 Å². The number of nitrogens with two attached hydrogens (primary N) is 1. The number of rotatable bonds is 6. The van der Waals surface area contributed by atoms with E-state index in [0.29, 0.717) is 18.5 Å². The minimum atomic E-state index is -1.20. The summed E-state index contributed by atoms with van der Waals surface area (Å²) in [6, 6.07) is 5.42. The van der Waals surface area contributed by atoms with E-state index in [1.807, 2.05) is 6.92 Å². The highest BCUT2D eigenvalue weighted by atomic mass is 19.1. The normalized spacial score (nSPS) is 21.8. The molecule has 0 spiro atoms. The molecule has 4 atom stereocenters. The topological polar surface area (TPSA) is 121 Å². The first kappa shape index (κ1) is 27.7. The zero-order valence-electron chi connectivity index (χ0n) is 21.4. The molecular formula is C28H31F3N4O3. The summed E-state index contributed by atoms with van der Waals surface area (Å²) in [7, 11) is 0. The van der Waals surface area contributed by atoms with E-state index in [2.05, 4.69) is 15.3 Å². The summed E-state index contributed by atoms with van der Waals surface area (Å²) in [5.74, 6) is -3.92. The molecule has 1 saturated carbocycles. The predicted molar refractivity (Wildman–Crippen MR) is 137 cm³/mol. The van der Waals surface area contributed by atoms with Crippen LogP contribution in [0.1, 0.15) is 61.1 Å². The van der Waals surface area contributed by atoms with Crippen molar-refractivity contribution in [1.82, 2.24) is 9.97 Å². The lowest BCUT2D eigenvalue weighted by molar-refractivity contribution is 0.0521. The third kappa shape index (κ3) is 6.03. The second kappa shape index (κ2) is 10.8. The van der Waals surface area contributed by atoms with Gasteiger partial charge in [0, 0.05) is 18.7 Å². The largest absolute Gasteiger partial charge is 0.391 e. The number of nitrogens with one attached hydrogen (secondary N) is 1. The predicted octanol–water partition coefficient (Wildman–Crippen LogP) is 4.33. The highest BCUT2D eigenvalue weighted by Gasteiger charge is 2.34. The van der Waals surface area contributed by atoms with E-state index in [9.17, 15) is 28.2 Å². The Morgan fingerprint density at radius 2 is 1.82 bits per heavy atom. The summed E-state index contributed by atoms with van der Waals surface area (Å²) in [6.45, 7) is 4.91. The molecule has 2 heterocycles. The Morgan fingerprint density at radius 1 is 1.13 bits per heavy atom. The number of hydrogen-bond donors (Lipinski definition) is 4. The molecule has 7 nitrogen and oxygen atoms in total. The summed E-state index contributed by atoms with van der Waals surface area (Å²) in [5, 5.41) is 22.9. The number of hydrogen-bond acceptors (Lipinski definition) is 6. The van der Waals surface area contributed by atoms with Crippen molar-refractivity contribution in [1.29, 1.82) is 0 Å². The SMILES string of the molecule is C[C@H]1C[C@@H](c2ccncc2NC(=O)c2ccc(F)c(-c3c(F)cc(CC(C)(C)O)cc3F)n2)C[C@@H](N)[C@@H]1O. The number of aliphatic hydroxyl groups is 2. The van der Waals surface area contributed by atoms with E-state index in [4.69, 9.17) is 5.73 Å². The summed E-state index contributed by atoms with van der Waals surface area (Å²) >= 11 is 0. The van der Waals surface area contributed by atoms with Crippen LogP contribution in [-0.4, -0.2) is 43.8 Å². The van der Waals surface area contributed by atoms with Gasteiger partial charge in [0.05, 0.1) is 29.2 Å². The van der Waals surface area contributed by atoms with Gasteiger partial charge in [-0.05, 0) is 80.0 Å². The Morgan fingerprint density at radius 3 is 2.45 bits per heavy atom. The lowest BCUT2D eigenvalue weighted by Crippen LogP contribution is -2.44. The maximum atomic E-state index is 14.9. The Bertz CT molecular complexity index is 1310. The van der Waals surface area contributed by atoms with Crippen molar-refractivity contribution in [2.75, 3.05) is 5.32 Å². The number of carbonyl (C=O) groups excluding carboxylic acids is 1. The fourth-order valence-electron chi connectivity index (χ4n) is 5.08. The van der Waals surface area contributed by atoms with Crippen LogP contribution in [0, 0.1) is 23.4 Å².